The van der Waals surface area contributed by atoms with Crippen molar-refractivity contribution in [3.63, 3.8) is 0 Å². The van der Waals surface area contributed by atoms with E-state index in [2.05, 4.69) is 10.3 Å². The van der Waals surface area contributed by atoms with Crippen LogP contribution in [0.5, 0.6) is 0 Å². The van der Waals surface area contributed by atoms with Gasteiger partial charge in [-0.05, 0) is 17.7 Å². The van der Waals surface area contributed by atoms with E-state index in [0.29, 0.717) is 22.8 Å². The maximum absolute atomic E-state index is 11.9. The molecule has 98 valence electrons. The highest BCUT2D eigenvalue weighted by atomic mass is 32.1. The Labute approximate surface area is 116 Å². The zero-order valence-corrected chi connectivity index (χ0v) is 11.3. The smallest absolute Gasteiger partial charge is 0.275 e. The maximum atomic E-state index is 11.9. The van der Waals surface area contributed by atoms with Crippen molar-refractivity contribution in [1.82, 2.24) is 9.55 Å². The molecule has 0 aliphatic heterocycles. The summed E-state index contributed by atoms with van der Waals surface area (Å²) in [6.07, 6.45) is 3.81. The molecule has 0 radical (unpaired) electrons. The highest BCUT2D eigenvalue weighted by Gasteiger charge is 2.08. The van der Waals surface area contributed by atoms with Crippen LogP contribution in [0.15, 0.2) is 36.8 Å². The number of nitrogens with zero attached hydrogens (tertiary/aromatic N) is 2. The minimum absolute atomic E-state index is 0.234. The molecule has 6 heteroatoms. The van der Waals surface area contributed by atoms with E-state index in [0.717, 1.165) is 5.56 Å². The SMILES string of the molecule is Cn1cnc(C(=O)Nc2ccc(CC(N)=S)cc2)c1. The first kappa shape index (κ1) is 13.2. The average Bonchev–Trinajstić information content (AvgIpc) is 2.78. The van der Waals surface area contributed by atoms with Crippen molar-refractivity contribution in [2.75, 3.05) is 5.32 Å². The molecule has 1 amide bonds. The fraction of sp³-hybridized carbons (Fsp3) is 0.154. The number of thiocarbonyl (C=S) groups is 1. The average molecular weight is 274 g/mol. The molecule has 0 fully saturated rings. The summed E-state index contributed by atoms with van der Waals surface area (Å²) in [5.41, 5.74) is 7.58. The predicted molar refractivity (Wildman–Crippen MR) is 78.1 cm³/mol. The van der Waals surface area contributed by atoms with E-state index in [1.807, 2.05) is 31.3 Å². The van der Waals surface area contributed by atoms with Gasteiger partial charge in [0.1, 0.15) is 5.69 Å². The number of nitrogens with two attached hydrogens (primary N) is 1. The van der Waals surface area contributed by atoms with Crippen molar-refractivity contribution in [3.05, 3.63) is 48.0 Å². The van der Waals surface area contributed by atoms with Crippen LogP contribution in [0.3, 0.4) is 0 Å². The number of rotatable bonds is 4. The molecule has 1 heterocycles. The number of carbonyl (C=O) groups is 1. The van der Waals surface area contributed by atoms with Gasteiger partial charge in [-0.3, -0.25) is 4.79 Å². The van der Waals surface area contributed by atoms with Gasteiger partial charge >= 0.3 is 0 Å². The number of imidazole rings is 1. The van der Waals surface area contributed by atoms with Gasteiger partial charge < -0.3 is 15.6 Å². The second-order valence-corrected chi connectivity index (χ2v) is 4.74. The summed E-state index contributed by atoms with van der Waals surface area (Å²) in [6, 6.07) is 7.39. The standard InChI is InChI=1S/C13H14N4OS/c1-17-7-11(15-8-17)13(18)16-10-4-2-9(3-5-10)6-12(14)19/h2-5,7-8H,6H2,1H3,(H2,14,19)(H,16,18). The normalized spacial score (nSPS) is 10.2. The lowest BCUT2D eigenvalue weighted by atomic mass is 10.1. The van der Waals surface area contributed by atoms with Gasteiger partial charge in [-0.2, -0.15) is 0 Å². The Morgan fingerprint density at radius 3 is 2.63 bits per heavy atom. The largest absolute Gasteiger partial charge is 0.393 e. The fourth-order valence-electron chi connectivity index (χ4n) is 1.63. The van der Waals surface area contributed by atoms with Crippen LogP contribution in [0, 0.1) is 0 Å². The molecule has 0 spiro atoms. The molecule has 2 aromatic rings. The lowest BCUT2D eigenvalue weighted by Crippen LogP contribution is -2.13. The Hall–Kier alpha value is -2.21. The zero-order valence-electron chi connectivity index (χ0n) is 10.5. The number of hydrogen-bond donors (Lipinski definition) is 2. The minimum atomic E-state index is -0.234. The number of aryl methyl sites for hydroxylation is 1. The number of anilines is 1. The Morgan fingerprint density at radius 2 is 2.11 bits per heavy atom. The quantitative estimate of drug-likeness (QED) is 0.829. The molecule has 2 rings (SSSR count). The van der Waals surface area contributed by atoms with Crippen molar-refractivity contribution < 1.29 is 4.79 Å². The molecule has 1 aromatic carbocycles. The van der Waals surface area contributed by atoms with Gasteiger partial charge in [0.15, 0.2) is 0 Å². The summed E-state index contributed by atoms with van der Waals surface area (Å²) in [5.74, 6) is -0.234. The third-order valence-electron chi connectivity index (χ3n) is 2.53. The number of amides is 1. The summed E-state index contributed by atoms with van der Waals surface area (Å²) < 4.78 is 1.72. The van der Waals surface area contributed by atoms with E-state index >= 15 is 0 Å². The van der Waals surface area contributed by atoms with Crippen molar-refractivity contribution >= 4 is 28.8 Å². The molecule has 1 aromatic heterocycles. The van der Waals surface area contributed by atoms with Crippen LogP contribution in [0.4, 0.5) is 5.69 Å². The van der Waals surface area contributed by atoms with Crippen LogP contribution in [-0.2, 0) is 13.5 Å². The van der Waals surface area contributed by atoms with Gasteiger partial charge in [-0.1, -0.05) is 24.4 Å². The number of aromatic nitrogens is 2. The van der Waals surface area contributed by atoms with Gasteiger partial charge in [0.05, 0.1) is 11.3 Å². The molecule has 0 saturated carbocycles. The fourth-order valence-corrected chi connectivity index (χ4v) is 1.80. The van der Waals surface area contributed by atoms with Crippen molar-refractivity contribution in [2.45, 2.75) is 6.42 Å². The van der Waals surface area contributed by atoms with Crippen LogP contribution in [0.2, 0.25) is 0 Å². The molecule has 0 saturated heterocycles. The summed E-state index contributed by atoms with van der Waals surface area (Å²) in [4.78, 5) is 16.3. The molecule has 5 nitrogen and oxygen atoms in total. The Kier molecular flexibility index (Phi) is 3.91. The van der Waals surface area contributed by atoms with E-state index < -0.39 is 0 Å². The van der Waals surface area contributed by atoms with Gasteiger partial charge in [0.2, 0.25) is 0 Å². The summed E-state index contributed by atoms with van der Waals surface area (Å²) in [7, 11) is 1.81. The van der Waals surface area contributed by atoms with E-state index in [1.54, 1.807) is 17.1 Å². The summed E-state index contributed by atoms with van der Waals surface area (Å²) >= 11 is 4.84. The molecule has 0 aliphatic carbocycles. The monoisotopic (exact) mass is 274 g/mol. The van der Waals surface area contributed by atoms with Gasteiger partial charge in [-0.15, -0.1) is 0 Å². The van der Waals surface area contributed by atoms with Crippen molar-refractivity contribution in [1.29, 1.82) is 0 Å². The number of nitrogens with one attached hydrogen (secondary N) is 1. The minimum Gasteiger partial charge on any atom is -0.393 e. The third kappa shape index (κ3) is 3.62. The Bertz CT molecular complexity index is 603. The van der Waals surface area contributed by atoms with E-state index in [9.17, 15) is 4.79 Å². The Morgan fingerprint density at radius 1 is 1.42 bits per heavy atom. The molecule has 19 heavy (non-hydrogen) atoms. The van der Waals surface area contributed by atoms with Crippen molar-refractivity contribution in [3.8, 4) is 0 Å². The van der Waals surface area contributed by atoms with Gasteiger partial charge in [0.25, 0.3) is 5.91 Å². The Balaban J connectivity index is 2.03. The highest BCUT2D eigenvalue weighted by Crippen LogP contribution is 2.11. The molecule has 0 atom stereocenters. The summed E-state index contributed by atoms with van der Waals surface area (Å²) in [5, 5.41) is 2.77. The van der Waals surface area contributed by atoms with E-state index in [-0.39, 0.29) is 5.91 Å². The maximum Gasteiger partial charge on any atom is 0.275 e. The first-order valence-corrected chi connectivity index (χ1v) is 6.12. The molecule has 0 aliphatic rings. The van der Waals surface area contributed by atoms with Crippen LogP contribution in [-0.4, -0.2) is 20.4 Å². The number of benzene rings is 1. The van der Waals surface area contributed by atoms with Crippen LogP contribution >= 0.6 is 12.2 Å². The predicted octanol–water partition coefficient (Wildman–Crippen LogP) is 1.50. The van der Waals surface area contributed by atoms with Crippen molar-refractivity contribution in [2.24, 2.45) is 12.8 Å². The number of hydrogen-bond acceptors (Lipinski definition) is 3. The van der Waals surface area contributed by atoms with Crippen LogP contribution < -0.4 is 11.1 Å². The topological polar surface area (TPSA) is 72.9 Å². The molecular formula is C13H14N4OS. The second-order valence-electron chi connectivity index (χ2n) is 4.22. The molecule has 0 bridgehead atoms. The first-order chi connectivity index (χ1) is 9.04. The lowest BCUT2D eigenvalue weighted by molar-refractivity contribution is 0.102. The summed E-state index contributed by atoms with van der Waals surface area (Å²) in [6.45, 7) is 0. The molecule has 3 N–H and O–H groups in total. The highest BCUT2D eigenvalue weighted by molar-refractivity contribution is 7.80. The molecule has 0 unspecified atom stereocenters. The zero-order chi connectivity index (χ0) is 13.8. The van der Waals surface area contributed by atoms with Crippen LogP contribution in [0.1, 0.15) is 16.1 Å². The first-order valence-electron chi connectivity index (χ1n) is 5.71. The number of carbonyl (C=O) groups excluding carboxylic acids is 1. The van der Waals surface area contributed by atoms with E-state index in [4.69, 9.17) is 18.0 Å². The second kappa shape index (κ2) is 5.62. The van der Waals surface area contributed by atoms with Gasteiger partial charge in [0, 0.05) is 25.4 Å². The van der Waals surface area contributed by atoms with E-state index in [1.165, 1.54) is 0 Å². The van der Waals surface area contributed by atoms with Crippen LogP contribution in [0.25, 0.3) is 0 Å². The third-order valence-corrected chi connectivity index (χ3v) is 2.67. The lowest BCUT2D eigenvalue weighted by Gasteiger charge is -2.04. The molecular weight excluding hydrogens is 260 g/mol. The van der Waals surface area contributed by atoms with Gasteiger partial charge in [-0.25, -0.2) is 4.98 Å².